The Bertz CT molecular complexity index is 754. The van der Waals surface area contributed by atoms with Crippen LogP contribution in [0.1, 0.15) is 18.9 Å². The molecule has 0 heterocycles. The second kappa shape index (κ2) is 8.16. The number of nitrogens with zero attached hydrogens (tertiary/aromatic N) is 1. The third-order valence-electron chi connectivity index (χ3n) is 4.11. The molecule has 2 amide bonds. The molecule has 1 saturated carbocycles. The van der Waals surface area contributed by atoms with E-state index in [1.165, 1.54) is 13.1 Å². The monoisotopic (exact) mass is 406 g/mol. The maximum Gasteiger partial charge on any atom is 0.417 e. The third-order valence-corrected chi connectivity index (χ3v) is 4.44. The number of nitrogens with one attached hydrogen (secondary N) is 1. The molecule has 1 aromatic rings. The number of ether oxygens (including phenoxy) is 1. The summed E-state index contributed by atoms with van der Waals surface area (Å²) < 4.78 is 43.4. The summed E-state index contributed by atoms with van der Waals surface area (Å²) in [7, 11) is 1.32. The first-order valence-electron chi connectivity index (χ1n) is 8.06. The van der Waals surface area contributed by atoms with Gasteiger partial charge in [0, 0.05) is 12.7 Å². The van der Waals surface area contributed by atoms with Gasteiger partial charge >= 0.3 is 12.1 Å². The molecule has 0 saturated heterocycles. The molecular formula is C17H18ClF3N2O4. The lowest BCUT2D eigenvalue weighted by Crippen LogP contribution is -2.37. The summed E-state index contributed by atoms with van der Waals surface area (Å²) in [5, 5.41) is 1.78. The molecule has 1 aromatic carbocycles. The summed E-state index contributed by atoms with van der Waals surface area (Å²) in [4.78, 5) is 36.4. The Hall–Kier alpha value is -2.29. The van der Waals surface area contributed by atoms with Gasteiger partial charge in [-0.25, -0.2) is 0 Å². The van der Waals surface area contributed by atoms with E-state index < -0.39 is 47.7 Å². The number of halogens is 4. The number of alkyl halides is 3. The van der Waals surface area contributed by atoms with Crippen LogP contribution in [0.2, 0.25) is 5.02 Å². The van der Waals surface area contributed by atoms with Gasteiger partial charge in [0.1, 0.15) is 0 Å². The molecule has 2 atom stereocenters. The molecule has 148 valence electrons. The smallest absolute Gasteiger partial charge is 0.417 e. The average Bonchev–Trinajstić information content (AvgIpc) is 3.29. The fourth-order valence-corrected chi connectivity index (χ4v) is 2.55. The number of esters is 1. The van der Waals surface area contributed by atoms with Crippen molar-refractivity contribution in [3.8, 4) is 0 Å². The lowest BCUT2D eigenvalue weighted by atomic mass is 10.2. The van der Waals surface area contributed by atoms with Crippen LogP contribution >= 0.6 is 11.6 Å². The number of rotatable bonds is 6. The van der Waals surface area contributed by atoms with Gasteiger partial charge in [0.05, 0.1) is 23.0 Å². The molecule has 6 nitrogen and oxygen atoms in total. The molecule has 1 aliphatic carbocycles. The molecule has 0 aromatic heterocycles. The Labute approximate surface area is 158 Å². The first-order valence-corrected chi connectivity index (χ1v) is 8.44. The van der Waals surface area contributed by atoms with Crippen LogP contribution in [0.25, 0.3) is 0 Å². The molecule has 0 aliphatic heterocycles. The minimum absolute atomic E-state index is 0.105. The minimum Gasteiger partial charge on any atom is -0.455 e. The van der Waals surface area contributed by atoms with E-state index in [2.05, 4.69) is 5.32 Å². The van der Waals surface area contributed by atoms with Crippen LogP contribution in [0.3, 0.4) is 0 Å². The van der Waals surface area contributed by atoms with Gasteiger partial charge in [-0.2, -0.15) is 13.2 Å². The Morgan fingerprint density at radius 1 is 1.33 bits per heavy atom. The highest BCUT2D eigenvalue weighted by atomic mass is 35.5. The summed E-state index contributed by atoms with van der Waals surface area (Å²) >= 11 is 5.51. The van der Waals surface area contributed by atoms with E-state index in [1.54, 1.807) is 0 Å². The Morgan fingerprint density at radius 3 is 2.52 bits per heavy atom. The number of anilines is 1. The van der Waals surface area contributed by atoms with Gasteiger partial charge in [-0.3, -0.25) is 14.4 Å². The van der Waals surface area contributed by atoms with E-state index >= 15 is 0 Å². The molecule has 1 aliphatic rings. The van der Waals surface area contributed by atoms with Crippen molar-refractivity contribution in [2.45, 2.75) is 19.5 Å². The van der Waals surface area contributed by atoms with E-state index in [-0.39, 0.29) is 17.5 Å². The SMILES string of the molecule is C[C@H]1C[C@H]1C(=O)OCC(=O)N(C)CC(=O)Nc1ccc(Cl)c(C(F)(F)F)c1. The number of carbonyl (C=O) groups excluding carboxylic acids is 3. The molecule has 1 fully saturated rings. The van der Waals surface area contributed by atoms with Crippen LogP contribution in [-0.4, -0.2) is 42.9 Å². The molecule has 0 bridgehead atoms. The van der Waals surface area contributed by atoms with Crippen molar-refractivity contribution in [1.29, 1.82) is 0 Å². The Kier molecular flexibility index (Phi) is 6.35. The van der Waals surface area contributed by atoms with Crippen molar-refractivity contribution in [2.24, 2.45) is 11.8 Å². The number of likely N-dealkylation sites (N-methyl/N-ethyl adjacent to an activating group) is 1. The van der Waals surface area contributed by atoms with Crippen molar-refractivity contribution < 1.29 is 32.3 Å². The van der Waals surface area contributed by atoms with Crippen molar-refractivity contribution in [3.05, 3.63) is 28.8 Å². The van der Waals surface area contributed by atoms with E-state index in [9.17, 15) is 27.6 Å². The second-order valence-corrected chi connectivity index (χ2v) is 6.82. The summed E-state index contributed by atoms with van der Waals surface area (Å²) in [5.41, 5.74) is -1.18. The van der Waals surface area contributed by atoms with Gasteiger partial charge in [0.2, 0.25) is 5.91 Å². The van der Waals surface area contributed by atoms with Crippen LogP contribution < -0.4 is 5.32 Å². The topological polar surface area (TPSA) is 75.7 Å². The maximum atomic E-state index is 12.8. The van der Waals surface area contributed by atoms with Crippen LogP contribution in [0, 0.1) is 11.8 Å². The first kappa shape index (κ1) is 21.0. The molecule has 0 radical (unpaired) electrons. The quantitative estimate of drug-likeness (QED) is 0.737. The van der Waals surface area contributed by atoms with Crippen LogP contribution in [-0.2, 0) is 25.3 Å². The fourth-order valence-electron chi connectivity index (χ4n) is 2.32. The predicted octanol–water partition coefficient (Wildman–Crippen LogP) is 2.95. The summed E-state index contributed by atoms with van der Waals surface area (Å²) in [6.07, 6.45) is -3.93. The summed E-state index contributed by atoms with van der Waals surface area (Å²) in [6, 6.07) is 2.95. The Morgan fingerprint density at radius 2 is 1.96 bits per heavy atom. The lowest BCUT2D eigenvalue weighted by molar-refractivity contribution is -0.153. The largest absolute Gasteiger partial charge is 0.455 e. The highest BCUT2D eigenvalue weighted by Gasteiger charge is 2.40. The van der Waals surface area contributed by atoms with Crippen LogP contribution in [0.15, 0.2) is 18.2 Å². The zero-order chi connectivity index (χ0) is 20.4. The first-order chi connectivity index (χ1) is 12.5. The van der Waals surface area contributed by atoms with Crippen LogP contribution in [0.4, 0.5) is 18.9 Å². The molecule has 0 unspecified atom stereocenters. The molecule has 1 N–H and O–H groups in total. The highest BCUT2D eigenvalue weighted by molar-refractivity contribution is 6.31. The molecular weight excluding hydrogens is 389 g/mol. The van der Waals surface area contributed by atoms with Crippen LogP contribution in [0.5, 0.6) is 0 Å². The van der Waals surface area contributed by atoms with Gasteiger partial charge in [-0.1, -0.05) is 18.5 Å². The number of amides is 2. The fraction of sp³-hybridized carbons (Fsp3) is 0.471. The van der Waals surface area contributed by atoms with E-state index in [1.807, 2.05) is 6.92 Å². The van der Waals surface area contributed by atoms with E-state index in [4.69, 9.17) is 16.3 Å². The molecule has 0 spiro atoms. The van der Waals surface area contributed by atoms with Crippen molar-refractivity contribution >= 4 is 35.1 Å². The van der Waals surface area contributed by atoms with Crippen molar-refractivity contribution in [2.75, 3.05) is 25.5 Å². The maximum absolute atomic E-state index is 12.8. The predicted molar refractivity (Wildman–Crippen MR) is 91.0 cm³/mol. The van der Waals surface area contributed by atoms with Gasteiger partial charge in [-0.15, -0.1) is 0 Å². The second-order valence-electron chi connectivity index (χ2n) is 6.42. The summed E-state index contributed by atoms with van der Waals surface area (Å²) in [5.74, 6) is -1.69. The van der Waals surface area contributed by atoms with Gasteiger partial charge in [-0.05, 0) is 30.5 Å². The zero-order valence-corrected chi connectivity index (χ0v) is 15.4. The van der Waals surface area contributed by atoms with Crippen molar-refractivity contribution in [3.63, 3.8) is 0 Å². The highest BCUT2D eigenvalue weighted by Crippen LogP contribution is 2.38. The Balaban J connectivity index is 1.85. The normalized spacial score (nSPS) is 18.6. The van der Waals surface area contributed by atoms with Crippen molar-refractivity contribution in [1.82, 2.24) is 4.90 Å². The lowest BCUT2D eigenvalue weighted by Gasteiger charge is -2.17. The number of hydrogen-bond donors (Lipinski definition) is 1. The molecule has 10 heteroatoms. The molecule has 2 rings (SSSR count). The number of hydrogen-bond acceptors (Lipinski definition) is 4. The summed E-state index contributed by atoms with van der Waals surface area (Å²) in [6.45, 7) is 0.983. The minimum atomic E-state index is -4.66. The van der Waals surface area contributed by atoms with Gasteiger partial charge in [0.25, 0.3) is 5.91 Å². The van der Waals surface area contributed by atoms with E-state index in [0.717, 1.165) is 17.4 Å². The number of carbonyl (C=O) groups is 3. The average molecular weight is 407 g/mol. The van der Waals surface area contributed by atoms with Gasteiger partial charge in [0.15, 0.2) is 6.61 Å². The van der Waals surface area contributed by atoms with E-state index in [0.29, 0.717) is 6.07 Å². The zero-order valence-electron chi connectivity index (χ0n) is 14.6. The third kappa shape index (κ3) is 5.85. The van der Waals surface area contributed by atoms with Gasteiger partial charge < -0.3 is 15.0 Å². The molecule has 27 heavy (non-hydrogen) atoms. The standard InChI is InChI=1S/C17H18ClF3N2O4/c1-9-5-11(9)16(26)27-8-15(25)23(2)7-14(24)22-10-3-4-13(18)12(6-10)17(19,20)21/h3-4,6,9,11H,5,7-8H2,1-2H3,(H,22,24)/t9-,11+/m0/s1. The number of benzene rings is 1.